The van der Waals surface area contributed by atoms with E-state index in [-0.39, 0.29) is 0 Å². The van der Waals surface area contributed by atoms with Gasteiger partial charge in [0.05, 0.1) is 0 Å². The van der Waals surface area contributed by atoms with Gasteiger partial charge in [-0.3, -0.25) is 9.59 Å². The first kappa shape index (κ1) is 21.6. The van der Waals surface area contributed by atoms with E-state index in [1.54, 1.807) is 84.9 Å². The third-order valence-electron chi connectivity index (χ3n) is 4.69. The van der Waals surface area contributed by atoms with Crippen molar-refractivity contribution in [2.24, 2.45) is 0 Å². The molecule has 0 bridgehead atoms. The number of hydrogen-bond acceptors (Lipinski definition) is 4. The van der Waals surface area contributed by atoms with Crippen LogP contribution in [0.25, 0.3) is 11.1 Å². The molecule has 158 valence electrons. The van der Waals surface area contributed by atoms with Crippen molar-refractivity contribution in [3.63, 3.8) is 0 Å². The lowest BCUT2D eigenvalue weighted by Crippen LogP contribution is -1.95. The van der Waals surface area contributed by atoms with E-state index >= 15 is 0 Å². The maximum atomic E-state index is 11.7. The van der Waals surface area contributed by atoms with Crippen molar-refractivity contribution < 1.29 is 19.1 Å². The molecule has 0 heterocycles. The average molecular weight is 463 g/mol. The van der Waals surface area contributed by atoms with Gasteiger partial charge in [-0.05, 0) is 96.1 Å². The molecule has 0 aromatic heterocycles. The zero-order valence-electron chi connectivity index (χ0n) is 16.6. The monoisotopic (exact) mass is 462 g/mol. The predicted octanol–water partition coefficient (Wildman–Crippen LogP) is 7.87. The fraction of sp³-hybridized carbons (Fsp3) is 0. The summed E-state index contributed by atoms with van der Waals surface area (Å²) in [4.78, 5) is 23.5. The summed E-state index contributed by atoms with van der Waals surface area (Å²) in [6.07, 6.45) is 1.48. The largest absolute Gasteiger partial charge is 0.457 e. The molecule has 0 aliphatic carbocycles. The second-order valence-electron chi connectivity index (χ2n) is 6.85. The normalized spacial score (nSPS) is 10.4. The summed E-state index contributed by atoms with van der Waals surface area (Å²) in [5.74, 6) is 2.20. The van der Waals surface area contributed by atoms with Gasteiger partial charge in [0.2, 0.25) is 0 Å². The number of benzene rings is 4. The van der Waals surface area contributed by atoms with Crippen LogP contribution in [0.2, 0.25) is 10.0 Å². The molecule has 4 aromatic rings. The van der Waals surface area contributed by atoms with Crippen LogP contribution in [0, 0.1) is 0 Å². The van der Waals surface area contributed by atoms with E-state index in [9.17, 15) is 9.59 Å². The minimum Gasteiger partial charge on any atom is -0.457 e. The minimum absolute atomic E-state index is 0.417. The smallest absolute Gasteiger partial charge is 0.150 e. The molecule has 0 aliphatic heterocycles. The zero-order chi connectivity index (χ0) is 22.5. The molecule has 0 amide bonds. The molecule has 6 heteroatoms. The fourth-order valence-corrected chi connectivity index (χ4v) is 3.40. The van der Waals surface area contributed by atoms with Crippen LogP contribution in [0.4, 0.5) is 0 Å². The Kier molecular flexibility index (Phi) is 6.55. The number of carbonyl (C=O) groups is 2. The number of hydrogen-bond donors (Lipinski definition) is 0. The van der Waals surface area contributed by atoms with Crippen molar-refractivity contribution in [3.05, 3.63) is 106 Å². The summed E-state index contributed by atoms with van der Waals surface area (Å²) < 4.78 is 11.8. The van der Waals surface area contributed by atoms with Gasteiger partial charge in [-0.1, -0.05) is 23.2 Å². The Bertz CT molecular complexity index is 1170. The Labute approximate surface area is 194 Å². The van der Waals surface area contributed by atoms with Crippen LogP contribution in [-0.4, -0.2) is 12.6 Å². The molecule has 32 heavy (non-hydrogen) atoms. The summed E-state index contributed by atoms with van der Waals surface area (Å²) in [6.45, 7) is 0. The van der Waals surface area contributed by atoms with Crippen molar-refractivity contribution in [1.29, 1.82) is 0 Å². The first-order chi connectivity index (χ1) is 15.6. The Hall–Kier alpha value is -3.60. The molecule has 0 unspecified atom stereocenters. The molecule has 4 rings (SSSR count). The number of ether oxygens (including phenoxy) is 2. The fourth-order valence-electron chi connectivity index (χ4n) is 3.15. The maximum absolute atomic E-state index is 11.7. The lowest BCUT2D eigenvalue weighted by Gasteiger charge is -2.14. The highest BCUT2D eigenvalue weighted by molar-refractivity contribution is 6.30. The van der Waals surface area contributed by atoms with E-state index in [0.717, 1.165) is 12.6 Å². The van der Waals surface area contributed by atoms with Gasteiger partial charge in [0, 0.05) is 21.2 Å². The molecule has 4 nitrogen and oxygen atoms in total. The van der Waals surface area contributed by atoms with Gasteiger partial charge in [-0.15, -0.1) is 0 Å². The summed E-state index contributed by atoms with van der Waals surface area (Å²) >= 11 is 11.9. The van der Waals surface area contributed by atoms with Crippen LogP contribution >= 0.6 is 23.2 Å². The van der Waals surface area contributed by atoms with Gasteiger partial charge in [-0.25, -0.2) is 0 Å². The van der Waals surface area contributed by atoms with E-state index in [1.807, 2.05) is 0 Å². The van der Waals surface area contributed by atoms with Gasteiger partial charge in [0.25, 0.3) is 0 Å². The molecule has 0 saturated carbocycles. The summed E-state index contributed by atoms with van der Waals surface area (Å²) in [7, 11) is 0. The average Bonchev–Trinajstić information content (AvgIpc) is 2.82. The van der Waals surface area contributed by atoms with Gasteiger partial charge in [0.15, 0.2) is 12.6 Å². The SMILES string of the molecule is O=Cc1ccc(Oc2ccc(Cl)cc2)cc1-c1cc(Oc2ccc(Cl)cc2)ccc1C=O. The molecule has 0 saturated heterocycles. The van der Waals surface area contributed by atoms with Crippen LogP contribution < -0.4 is 9.47 Å². The van der Waals surface area contributed by atoms with Crippen molar-refractivity contribution in [2.45, 2.75) is 0 Å². The second kappa shape index (κ2) is 9.69. The molecule has 0 atom stereocenters. The number of rotatable bonds is 7. The Morgan fingerprint density at radius 1 is 0.500 bits per heavy atom. The van der Waals surface area contributed by atoms with E-state index in [1.165, 1.54) is 0 Å². The standard InChI is InChI=1S/C26H16Cl2O4/c27-19-3-9-21(10-4-19)31-23-7-1-17(15-29)25(13-23)26-14-24(8-2-18(26)16-30)32-22-11-5-20(28)6-12-22/h1-16H. The van der Waals surface area contributed by atoms with Crippen LogP contribution in [0.5, 0.6) is 23.0 Å². The first-order valence-electron chi connectivity index (χ1n) is 9.61. The molecule has 0 N–H and O–H groups in total. The van der Waals surface area contributed by atoms with Crippen LogP contribution in [0.1, 0.15) is 20.7 Å². The van der Waals surface area contributed by atoms with Gasteiger partial charge < -0.3 is 9.47 Å². The Morgan fingerprint density at radius 3 is 1.19 bits per heavy atom. The highest BCUT2D eigenvalue weighted by atomic mass is 35.5. The van der Waals surface area contributed by atoms with Crippen LogP contribution in [-0.2, 0) is 0 Å². The highest BCUT2D eigenvalue weighted by Gasteiger charge is 2.13. The number of carbonyl (C=O) groups excluding carboxylic acids is 2. The van der Waals surface area contributed by atoms with E-state index in [2.05, 4.69) is 0 Å². The summed E-state index contributed by atoms with van der Waals surface area (Å²) in [5, 5.41) is 1.20. The molecular weight excluding hydrogens is 447 g/mol. The Morgan fingerprint density at radius 2 is 0.844 bits per heavy atom. The zero-order valence-corrected chi connectivity index (χ0v) is 18.1. The van der Waals surface area contributed by atoms with E-state index in [4.69, 9.17) is 32.7 Å². The third kappa shape index (κ3) is 4.99. The van der Waals surface area contributed by atoms with Gasteiger partial charge in [0.1, 0.15) is 23.0 Å². The molecule has 0 radical (unpaired) electrons. The predicted molar refractivity (Wildman–Crippen MR) is 126 cm³/mol. The van der Waals surface area contributed by atoms with Crippen molar-refractivity contribution in [2.75, 3.05) is 0 Å². The van der Waals surface area contributed by atoms with Crippen molar-refractivity contribution in [1.82, 2.24) is 0 Å². The minimum atomic E-state index is 0.417. The Balaban J connectivity index is 1.73. The van der Waals surface area contributed by atoms with Crippen molar-refractivity contribution >= 4 is 35.8 Å². The maximum Gasteiger partial charge on any atom is 0.150 e. The summed E-state index contributed by atoms with van der Waals surface area (Å²) in [6, 6.07) is 24.0. The van der Waals surface area contributed by atoms with Gasteiger partial charge in [-0.2, -0.15) is 0 Å². The molecule has 4 aromatic carbocycles. The van der Waals surface area contributed by atoms with E-state index in [0.29, 0.717) is 55.3 Å². The quantitative estimate of drug-likeness (QED) is 0.262. The lowest BCUT2D eigenvalue weighted by atomic mass is 9.95. The van der Waals surface area contributed by atoms with Crippen molar-refractivity contribution in [3.8, 4) is 34.1 Å². The van der Waals surface area contributed by atoms with Crippen LogP contribution in [0.3, 0.4) is 0 Å². The van der Waals surface area contributed by atoms with E-state index < -0.39 is 0 Å². The topological polar surface area (TPSA) is 52.6 Å². The third-order valence-corrected chi connectivity index (χ3v) is 5.20. The lowest BCUT2D eigenvalue weighted by molar-refractivity contribution is 0.111. The first-order valence-corrected chi connectivity index (χ1v) is 10.4. The van der Waals surface area contributed by atoms with Gasteiger partial charge >= 0.3 is 0 Å². The second-order valence-corrected chi connectivity index (χ2v) is 7.72. The van der Waals surface area contributed by atoms with Crippen LogP contribution in [0.15, 0.2) is 84.9 Å². The highest BCUT2D eigenvalue weighted by Crippen LogP contribution is 2.35. The summed E-state index contributed by atoms with van der Waals surface area (Å²) in [5.41, 5.74) is 1.94. The molecule has 0 fully saturated rings. The molecule has 0 aliphatic rings. The molecule has 0 spiro atoms. The number of halogens is 2. The number of aldehydes is 2. The molecular formula is C26H16Cl2O4.